The SMILES string of the molecule is COC(=O)C1(C(=O)OC)C/C=C\[C@H]2CCO[C@@]23C(C(=O)C2CC2)=C[C@@H]1c1ccccc13. The second kappa shape index (κ2) is 7.16. The minimum Gasteiger partial charge on any atom is -0.468 e. The number of allylic oxidation sites excluding steroid dienone is 2. The van der Waals surface area contributed by atoms with Crippen LogP contribution < -0.4 is 0 Å². The molecule has 31 heavy (non-hydrogen) atoms. The predicted octanol–water partition coefficient (Wildman–Crippen LogP) is 3.21. The molecular weight excluding hydrogens is 396 g/mol. The number of ketones is 1. The molecule has 6 nitrogen and oxygen atoms in total. The zero-order chi connectivity index (χ0) is 21.8. The number of esters is 2. The maximum absolute atomic E-state index is 13.6. The number of benzene rings is 1. The van der Waals surface area contributed by atoms with Crippen molar-refractivity contribution in [1.29, 1.82) is 0 Å². The molecule has 2 fully saturated rings. The van der Waals surface area contributed by atoms with E-state index in [9.17, 15) is 14.4 Å². The molecule has 0 aromatic heterocycles. The summed E-state index contributed by atoms with van der Waals surface area (Å²) in [5.41, 5.74) is -0.263. The van der Waals surface area contributed by atoms with Gasteiger partial charge in [0.1, 0.15) is 5.60 Å². The summed E-state index contributed by atoms with van der Waals surface area (Å²) in [7, 11) is 2.55. The highest BCUT2D eigenvalue weighted by atomic mass is 16.5. The molecule has 3 aliphatic carbocycles. The normalized spacial score (nSPS) is 31.2. The number of ether oxygens (including phenoxy) is 3. The molecule has 0 unspecified atom stereocenters. The smallest absolute Gasteiger partial charge is 0.324 e. The molecule has 6 heteroatoms. The van der Waals surface area contributed by atoms with E-state index in [4.69, 9.17) is 14.2 Å². The van der Waals surface area contributed by atoms with Crippen LogP contribution in [0.1, 0.15) is 42.7 Å². The highest BCUT2D eigenvalue weighted by Gasteiger charge is 2.61. The molecule has 4 aliphatic rings. The van der Waals surface area contributed by atoms with Gasteiger partial charge in [0.15, 0.2) is 11.2 Å². The summed E-state index contributed by atoms with van der Waals surface area (Å²) in [6.45, 7) is 0.544. The van der Waals surface area contributed by atoms with Crippen molar-refractivity contribution in [2.45, 2.75) is 37.2 Å². The van der Waals surface area contributed by atoms with Gasteiger partial charge in [-0.2, -0.15) is 0 Å². The van der Waals surface area contributed by atoms with E-state index in [-0.39, 0.29) is 24.0 Å². The standard InChI is InChI=1S/C25H26O6/c1-29-22(27)24(23(28)30-2)12-5-6-16-11-13-31-25(16)18-8-4-3-7-17(18)19(24)14-20(25)21(26)15-9-10-15/h3-8,14-16,19H,9-13H2,1-2H3/b6-5-/t16-,19+,25-/m0/s1. The Bertz CT molecular complexity index is 1000. The summed E-state index contributed by atoms with van der Waals surface area (Å²) in [4.78, 5) is 40.0. The average molecular weight is 422 g/mol. The first-order valence-corrected chi connectivity index (χ1v) is 10.8. The second-order valence-corrected chi connectivity index (χ2v) is 8.85. The first-order chi connectivity index (χ1) is 15.0. The molecular formula is C25H26O6. The van der Waals surface area contributed by atoms with Gasteiger partial charge in [-0.05, 0) is 36.8 Å². The van der Waals surface area contributed by atoms with Crippen molar-refractivity contribution in [1.82, 2.24) is 0 Å². The number of hydrogen-bond donors (Lipinski definition) is 0. The van der Waals surface area contributed by atoms with E-state index in [1.54, 1.807) is 0 Å². The lowest BCUT2D eigenvalue weighted by Gasteiger charge is -2.44. The molecule has 0 radical (unpaired) electrons. The van der Waals surface area contributed by atoms with Crippen LogP contribution in [0.15, 0.2) is 48.1 Å². The van der Waals surface area contributed by atoms with Gasteiger partial charge in [0.05, 0.1) is 14.2 Å². The van der Waals surface area contributed by atoms with Crippen LogP contribution in [0.3, 0.4) is 0 Å². The summed E-state index contributed by atoms with van der Waals surface area (Å²) in [6, 6.07) is 7.68. The van der Waals surface area contributed by atoms with Crippen molar-refractivity contribution in [2.75, 3.05) is 20.8 Å². The third kappa shape index (κ3) is 2.64. The molecule has 1 aliphatic heterocycles. The van der Waals surface area contributed by atoms with Crippen LogP contribution in [0.25, 0.3) is 0 Å². The summed E-state index contributed by atoms with van der Waals surface area (Å²) in [5, 5.41) is 0. The number of fused-ring (bicyclic) bond motifs is 3. The molecule has 1 aromatic rings. The van der Waals surface area contributed by atoms with Crippen LogP contribution in [0.2, 0.25) is 0 Å². The van der Waals surface area contributed by atoms with Gasteiger partial charge < -0.3 is 14.2 Å². The van der Waals surface area contributed by atoms with Crippen LogP contribution in [0.4, 0.5) is 0 Å². The largest absolute Gasteiger partial charge is 0.468 e. The van der Waals surface area contributed by atoms with Gasteiger partial charge in [-0.25, -0.2) is 0 Å². The highest BCUT2D eigenvalue weighted by molar-refractivity contribution is 6.05. The molecule has 1 saturated heterocycles. The molecule has 1 saturated carbocycles. The topological polar surface area (TPSA) is 78.9 Å². The highest BCUT2D eigenvalue weighted by Crippen LogP contribution is 2.59. The van der Waals surface area contributed by atoms with Crippen molar-refractivity contribution < 1.29 is 28.6 Å². The van der Waals surface area contributed by atoms with E-state index in [0.717, 1.165) is 30.4 Å². The van der Waals surface area contributed by atoms with Gasteiger partial charge in [0, 0.05) is 29.9 Å². The first-order valence-electron chi connectivity index (χ1n) is 10.8. The maximum atomic E-state index is 13.6. The van der Waals surface area contributed by atoms with Crippen LogP contribution in [-0.4, -0.2) is 38.5 Å². The van der Waals surface area contributed by atoms with Gasteiger partial charge in [0.2, 0.25) is 0 Å². The predicted molar refractivity (Wildman–Crippen MR) is 111 cm³/mol. The van der Waals surface area contributed by atoms with Crippen molar-refractivity contribution >= 4 is 17.7 Å². The molecule has 0 amide bonds. The van der Waals surface area contributed by atoms with Crippen molar-refractivity contribution in [3.05, 3.63) is 59.2 Å². The van der Waals surface area contributed by atoms with Crippen LogP contribution in [-0.2, 0) is 34.2 Å². The number of carbonyl (C=O) groups excluding carboxylic acids is 3. The van der Waals surface area contributed by atoms with E-state index in [0.29, 0.717) is 12.2 Å². The average Bonchev–Trinajstić information content (AvgIpc) is 3.56. The molecule has 162 valence electrons. The minimum absolute atomic E-state index is 0.0192. The molecule has 2 bridgehead atoms. The number of hydrogen-bond acceptors (Lipinski definition) is 6. The summed E-state index contributed by atoms with van der Waals surface area (Å²) in [5.74, 6) is -2.04. The van der Waals surface area contributed by atoms with E-state index < -0.39 is 28.9 Å². The number of methoxy groups -OCH3 is 2. The Morgan fingerprint density at radius 3 is 2.42 bits per heavy atom. The Labute approximate surface area is 181 Å². The maximum Gasteiger partial charge on any atom is 0.324 e. The Morgan fingerprint density at radius 2 is 1.74 bits per heavy atom. The fourth-order valence-corrected chi connectivity index (χ4v) is 5.73. The summed E-state index contributed by atoms with van der Waals surface area (Å²) in [6.07, 6.45) is 8.29. The van der Waals surface area contributed by atoms with Crippen molar-refractivity contribution in [2.24, 2.45) is 17.3 Å². The van der Waals surface area contributed by atoms with E-state index in [1.165, 1.54) is 14.2 Å². The van der Waals surface area contributed by atoms with E-state index in [2.05, 4.69) is 0 Å². The molecule has 3 atom stereocenters. The van der Waals surface area contributed by atoms with Gasteiger partial charge >= 0.3 is 11.9 Å². The number of rotatable bonds is 4. The van der Waals surface area contributed by atoms with Gasteiger partial charge in [-0.1, -0.05) is 42.5 Å². The monoisotopic (exact) mass is 422 g/mol. The third-order valence-corrected chi connectivity index (χ3v) is 7.36. The van der Waals surface area contributed by atoms with Crippen LogP contribution in [0.5, 0.6) is 0 Å². The van der Waals surface area contributed by atoms with Crippen LogP contribution in [0, 0.1) is 17.3 Å². The molecule has 5 rings (SSSR count). The lowest BCUT2D eigenvalue weighted by atomic mass is 9.61. The summed E-state index contributed by atoms with van der Waals surface area (Å²) >= 11 is 0. The summed E-state index contributed by atoms with van der Waals surface area (Å²) < 4.78 is 16.7. The lowest BCUT2D eigenvalue weighted by Crippen LogP contribution is -2.49. The van der Waals surface area contributed by atoms with Gasteiger partial charge in [0.25, 0.3) is 0 Å². The van der Waals surface area contributed by atoms with Crippen molar-refractivity contribution in [3.63, 3.8) is 0 Å². The molecule has 1 aromatic carbocycles. The lowest BCUT2D eigenvalue weighted by molar-refractivity contribution is -0.170. The Morgan fingerprint density at radius 1 is 1.03 bits per heavy atom. The first kappa shape index (κ1) is 20.2. The number of Topliss-reactive ketones (excluding diaryl/α,β-unsaturated/α-hetero) is 1. The van der Waals surface area contributed by atoms with Gasteiger partial charge in [-0.15, -0.1) is 0 Å². The minimum atomic E-state index is -1.62. The second-order valence-electron chi connectivity index (χ2n) is 8.85. The fraction of sp³-hybridized carbons (Fsp3) is 0.480. The quantitative estimate of drug-likeness (QED) is 0.421. The fourth-order valence-electron chi connectivity index (χ4n) is 5.73. The third-order valence-electron chi connectivity index (χ3n) is 7.36. The van der Waals surface area contributed by atoms with Crippen molar-refractivity contribution in [3.8, 4) is 0 Å². The van der Waals surface area contributed by atoms with E-state index in [1.807, 2.05) is 42.5 Å². The Balaban J connectivity index is 1.85. The Kier molecular flexibility index (Phi) is 4.66. The molecule has 1 heterocycles. The zero-order valence-electron chi connectivity index (χ0n) is 17.8. The number of carbonyl (C=O) groups is 3. The van der Waals surface area contributed by atoms with E-state index >= 15 is 0 Å². The molecule has 1 spiro atoms. The van der Waals surface area contributed by atoms with Gasteiger partial charge in [-0.3, -0.25) is 14.4 Å². The molecule has 0 N–H and O–H groups in total. The van der Waals surface area contributed by atoms with Crippen LogP contribution >= 0.6 is 0 Å². The Hall–Kier alpha value is -2.73. The zero-order valence-corrected chi connectivity index (χ0v) is 17.8.